The Balaban J connectivity index is 2.02. The van der Waals surface area contributed by atoms with Crippen molar-refractivity contribution in [2.24, 2.45) is 0 Å². The monoisotopic (exact) mass is 429 g/mol. The fourth-order valence-corrected chi connectivity index (χ4v) is 6.07. The molecule has 0 bridgehead atoms. The molecule has 160 valence electrons. The van der Waals surface area contributed by atoms with Gasteiger partial charge in [0, 0.05) is 10.6 Å². The molecule has 1 unspecified atom stereocenters. The largest absolute Gasteiger partial charge is 0.296 e. The third kappa shape index (κ3) is 6.40. The lowest BCUT2D eigenvalue weighted by Gasteiger charge is -2.31. The summed E-state index contributed by atoms with van der Waals surface area (Å²) in [6.07, 6.45) is 11.9. The van der Waals surface area contributed by atoms with E-state index in [0.29, 0.717) is 0 Å². The van der Waals surface area contributed by atoms with Gasteiger partial charge in [0.15, 0.2) is 0 Å². The number of benzene rings is 3. The van der Waals surface area contributed by atoms with Crippen molar-refractivity contribution in [1.29, 1.82) is 0 Å². The van der Waals surface area contributed by atoms with Crippen molar-refractivity contribution in [3.63, 3.8) is 0 Å². The highest BCUT2D eigenvalue weighted by molar-refractivity contribution is 7.77. The first-order chi connectivity index (χ1) is 15.1. The molecule has 0 aliphatic rings. The maximum atomic E-state index is 14.6. The van der Waals surface area contributed by atoms with Crippen molar-refractivity contribution >= 4 is 24.0 Å². The Morgan fingerprint density at radius 3 is 1.84 bits per heavy atom. The molecule has 0 aromatic heterocycles. The molecule has 0 radical (unpaired) electrons. The van der Waals surface area contributed by atoms with Gasteiger partial charge < -0.3 is 0 Å². The molecule has 2 nitrogen and oxygen atoms in total. The third-order valence-corrected chi connectivity index (χ3v) is 8.10. The van der Waals surface area contributed by atoms with E-state index in [1.165, 1.54) is 0 Å². The van der Waals surface area contributed by atoms with Crippen LogP contribution >= 0.6 is 7.29 Å². The SMILES string of the molecule is CCCC/C=C/C(C)(/C=C/c1ccccc1)NP(=O)(c1ccccc1)c1ccccc1. The second-order valence-corrected chi connectivity index (χ2v) is 10.4. The van der Waals surface area contributed by atoms with Crippen LogP contribution < -0.4 is 15.7 Å². The zero-order chi connectivity index (χ0) is 22.0. The highest BCUT2D eigenvalue weighted by Gasteiger charge is 2.33. The molecule has 31 heavy (non-hydrogen) atoms. The minimum atomic E-state index is -3.07. The summed E-state index contributed by atoms with van der Waals surface area (Å²) >= 11 is 0. The average Bonchev–Trinajstić information content (AvgIpc) is 2.82. The molecule has 3 rings (SSSR count). The topological polar surface area (TPSA) is 29.1 Å². The van der Waals surface area contributed by atoms with E-state index < -0.39 is 12.8 Å². The van der Waals surface area contributed by atoms with Gasteiger partial charge in [0.1, 0.15) is 0 Å². The van der Waals surface area contributed by atoms with E-state index in [9.17, 15) is 4.57 Å². The fraction of sp³-hybridized carbons (Fsp3) is 0.214. The lowest BCUT2D eigenvalue weighted by Crippen LogP contribution is -2.41. The first kappa shape index (κ1) is 23.0. The van der Waals surface area contributed by atoms with E-state index >= 15 is 0 Å². The second-order valence-electron chi connectivity index (χ2n) is 7.96. The van der Waals surface area contributed by atoms with Crippen LogP contribution in [0, 0.1) is 0 Å². The summed E-state index contributed by atoms with van der Waals surface area (Å²) < 4.78 is 14.6. The van der Waals surface area contributed by atoms with Crippen LogP contribution in [-0.4, -0.2) is 5.54 Å². The first-order valence-electron chi connectivity index (χ1n) is 11.0. The van der Waals surface area contributed by atoms with Gasteiger partial charge in [-0.2, -0.15) is 0 Å². The minimum Gasteiger partial charge on any atom is -0.296 e. The summed E-state index contributed by atoms with van der Waals surface area (Å²) in [5.41, 5.74) is 0.539. The molecule has 0 aliphatic heterocycles. The Kier molecular flexibility index (Phi) is 8.23. The third-order valence-electron chi connectivity index (χ3n) is 5.25. The number of rotatable bonds is 10. The van der Waals surface area contributed by atoms with Gasteiger partial charge in [-0.15, -0.1) is 0 Å². The average molecular weight is 430 g/mol. The molecule has 1 atom stereocenters. The van der Waals surface area contributed by atoms with E-state index in [0.717, 1.165) is 35.4 Å². The van der Waals surface area contributed by atoms with Gasteiger partial charge in [-0.25, -0.2) is 5.09 Å². The Labute approximate surface area is 187 Å². The first-order valence-corrected chi connectivity index (χ1v) is 12.7. The molecular weight excluding hydrogens is 397 g/mol. The minimum absolute atomic E-state index is 0.579. The quantitative estimate of drug-likeness (QED) is 0.220. The molecule has 0 saturated heterocycles. The summed E-state index contributed by atoms with van der Waals surface area (Å²) in [6.45, 7) is 4.28. The van der Waals surface area contributed by atoms with Gasteiger partial charge >= 0.3 is 0 Å². The van der Waals surface area contributed by atoms with Crippen LogP contribution in [0.25, 0.3) is 6.08 Å². The van der Waals surface area contributed by atoms with Crippen LogP contribution in [0.15, 0.2) is 109 Å². The van der Waals surface area contributed by atoms with Crippen LogP contribution in [0.3, 0.4) is 0 Å². The molecule has 3 heteroatoms. The van der Waals surface area contributed by atoms with Crippen molar-refractivity contribution < 1.29 is 4.57 Å². The number of allylic oxidation sites excluding steroid dienone is 1. The summed E-state index contributed by atoms with van der Waals surface area (Å²) in [5.74, 6) is 0. The van der Waals surface area contributed by atoms with Crippen molar-refractivity contribution in [3.05, 3.63) is 115 Å². The van der Waals surface area contributed by atoms with E-state index in [-0.39, 0.29) is 0 Å². The lowest BCUT2D eigenvalue weighted by atomic mass is 10.0. The second kappa shape index (κ2) is 11.1. The van der Waals surface area contributed by atoms with Gasteiger partial charge in [-0.3, -0.25) is 4.57 Å². The number of hydrogen-bond acceptors (Lipinski definition) is 1. The molecule has 0 fully saturated rings. The van der Waals surface area contributed by atoms with Gasteiger partial charge in [0.25, 0.3) is 0 Å². The summed E-state index contributed by atoms with van der Waals surface area (Å²) in [6, 6.07) is 29.7. The maximum Gasteiger partial charge on any atom is 0.205 e. The van der Waals surface area contributed by atoms with Crippen LogP contribution in [0.4, 0.5) is 0 Å². The molecule has 3 aromatic rings. The predicted octanol–water partition coefficient (Wildman–Crippen LogP) is 6.72. The Bertz CT molecular complexity index is 985. The molecule has 1 N–H and O–H groups in total. The van der Waals surface area contributed by atoms with Crippen LogP contribution in [0.5, 0.6) is 0 Å². The highest BCUT2D eigenvalue weighted by atomic mass is 31.2. The molecule has 0 saturated carbocycles. The van der Waals surface area contributed by atoms with Crippen molar-refractivity contribution in [1.82, 2.24) is 5.09 Å². The molecular formula is C28H32NOP. The number of hydrogen-bond donors (Lipinski definition) is 1. The molecule has 3 aromatic carbocycles. The van der Waals surface area contributed by atoms with Crippen molar-refractivity contribution in [2.45, 2.75) is 38.6 Å². The summed E-state index contributed by atoms with van der Waals surface area (Å²) in [5, 5.41) is 5.18. The van der Waals surface area contributed by atoms with Crippen LogP contribution in [-0.2, 0) is 4.57 Å². The van der Waals surface area contributed by atoms with Gasteiger partial charge in [-0.1, -0.05) is 111 Å². The maximum absolute atomic E-state index is 14.6. The Morgan fingerprint density at radius 2 is 1.32 bits per heavy atom. The smallest absolute Gasteiger partial charge is 0.205 e. The lowest BCUT2D eigenvalue weighted by molar-refractivity contribution is 0.558. The normalized spacial score (nSPS) is 14.1. The zero-order valence-corrected chi connectivity index (χ0v) is 19.3. The van der Waals surface area contributed by atoms with E-state index in [1.54, 1.807) is 0 Å². The molecule has 0 aliphatic carbocycles. The molecule has 0 spiro atoms. The van der Waals surface area contributed by atoms with E-state index in [4.69, 9.17) is 0 Å². The summed E-state index contributed by atoms with van der Waals surface area (Å²) in [4.78, 5) is 0. The number of nitrogens with one attached hydrogen (secondary N) is 1. The predicted molar refractivity (Wildman–Crippen MR) is 135 cm³/mol. The highest BCUT2D eigenvalue weighted by Crippen LogP contribution is 2.42. The zero-order valence-electron chi connectivity index (χ0n) is 18.4. The van der Waals surface area contributed by atoms with Crippen molar-refractivity contribution in [2.75, 3.05) is 0 Å². The van der Waals surface area contributed by atoms with Gasteiger partial charge in [-0.05, 0) is 43.2 Å². The van der Waals surface area contributed by atoms with E-state index in [2.05, 4.69) is 55.4 Å². The van der Waals surface area contributed by atoms with Crippen molar-refractivity contribution in [3.8, 4) is 0 Å². The Hall–Kier alpha value is -2.67. The van der Waals surface area contributed by atoms with Gasteiger partial charge in [0.2, 0.25) is 7.29 Å². The Morgan fingerprint density at radius 1 is 0.806 bits per heavy atom. The molecule has 0 heterocycles. The van der Waals surface area contributed by atoms with E-state index in [1.807, 2.05) is 78.9 Å². The van der Waals surface area contributed by atoms with Gasteiger partial charge in [0.05, 0.1) is 5.54 Å². The van der Waals surface area contributed by atoms with Crippen LogP contribution in [0.2, 0.25) is 0 Å². The fourth-order valence-electron chi connectivity index (χ4n) is 3.51. The summed E-state index contributed by atoms with van der Waals surface area (Å²) in [7, 11) is -3.07. The standard InChI is InChI=1S/C28H32NOP/c1-3-4-5-15-23-28(2,24-22-25-16-9-6-10-17-25)29-31(30,26-18-11-7-12-19-26)27-20-13-8-14-21-27/h6-24H,3-5H2,1-2H3,(H,29,30)/b23-15+,24-22+. The van der Waals surface area contributed by atoms with Crippen LogP contribution in [0.1, 0.15) is 38.7 Å². The molecule has 0 amide bonds. The number of unbranched alkanes of at least 4 members (excludes halogenated alkanes) is 2.